The first kappa shape index (κ1) is 20.3. The fraction of sp³-hybridized carbons (Fsp3) is 0.667. The number of nitrogens with one attached hydrogen (secondary N) is 1. The van der Waals surface area contributed by atoms with Crippen LogP contribution in [0.5, 0.6) is 0 Å². The van der Waals surface area contributed by atoms with Crippen molar-refractivity contribution < 1.29 is 4.79 Å². The molecule has 0 radical (unpaired) electrons. The van der Waals surface area contributed by atoms with E-state index in [1.54, 1.807) is 0 Å². The van der Waals surface area contributed by atoms with Gasteiger partial charge in [0.2, 0.25) is 5.91 Å². The standard InChI is InChI=1S/C21H32N2O.ClH/c1-16-5-7-18(8-6-16)15-20-4-3-13-23(20)21(24)14-17(2)19-9-11-22-12-10-19;/h5-8,17,19-20,22H,3-4,9-15H2,1-2H3;1H. The van der Waals surface area contributed by atoms with Crippen LogP contribution in [0, 0.1) is 18.8 Å². The zero-order valence-corrected chi connectivity index (χ0v) is 16.5. The van der Waals surface area contributed by atoms with Crippen molar-refractivity contribution in [2.45, 2.75) is 58.4 Å². The molecule has 2 heterocycles. The lowest BCUT2D eigenvalue weighted by Crippen LogP contribution is -2.39. The van der Waals surface area contributed by atoms with Crippen LogP contribution in [0.3, 0.4) is 0 Å². The van der Waals surface area contributed by atoms with Crippen LogP contribution in [-0.4, -0.2) is 36.5 Å². The predicted molar refractivity (Wildman–Crippen MR) is 106 cm³/mol. The Bertz CT molecular complexity index is 539. The molecule has 2 saturated heterocycles. The smallest absolute Gasteiger partial charge is 0.223 e. The molecule has 2 aliphatic heterocycles. The van der Waals surface area contributed by atoms with Crippen molar-refractivity contribution >= 4 is 18.3 Å². The summed E-state index contributed by atoms with van der Waals surface area (Å²) in [7, 11) is 0. The van der Waals surface area contributed by atoms with Gasteiger partial charge in [-0.1, -0.05) is 36.8 Å². The minimum absolute atomic E-state index is 0. The number of aryl methyl sites for hydroxylation is 1. The van der Waals surface area contributed by atoms with Gasteiger partial charge in [-0.3, -0.25) is 4.79 Å². The van der Waals surface area contributed by atoms with Crippen LogP contribution in [0.2, 0.25) is 0 Å². The highest BCUT2D eigenvalue weighted by molar-refractivity contribution is 5.85. The van der Waals surface area contributed by atoms with Crippen LogP contribution in [0.15, 0.2) is 24.3 Å². The van der Waals surface area contributed by atoms with E-state index in [0.29, 0.717) is 23.8 Å². The summed E-state index contributed by atoms with van der Waals surface area (Å²) in [6.45, 7) is 7.58. The molecule has 2 fully saturated rings. The van der Waals surface area contributed by atoms with Gasteiger partial charge in [-0.25, -0.2) is 0 Å². The molecule has 2 unspecified atom stereocenters. The molecule has 0 spiro atoms. The summed E-state index contributed by atoms with van der Waals surface area (Å²) >= 11 is 0. The predicted octanol–water partition coefficient (Wildman–Crippen LogP) is 3.98. The van der Waals surface area contributed by atoms with E-state index < -0.39 is 0 Å². The van der Waals surface area contributed by atoms with Gasteiger partial charge in [0.05, 0.1) is 0 Å². The van der Waals surface area contributed by atoms with E-state index in [0.717, 1.165) is 45.3 Å². The molecular formula is C21H33ClN2O. The molecule has 25 heavy (non-hydrogen) atoms. The third-order valence-corrected chi connectivity index (χ3v) is 5.97. The minimum Gasteiger partial charge on any atom is -0.339 e. The van der Waals surface area contributed by atoms with Crippen LogP contribution in [0.25, 0.3) is 0 Å². The van der Waals surface area contributed by atoms with Gasteiger partial charge in [-0.05, 0) is 69.5 Å². The summed E-state index contributed by atoms with van der Waals surface area (Å²) in [5, 5.41) is 3.42. The maximum absolute atomic E-state index is 12.9. The van der Waals surface area contributed by atoms with E-state index >= 15 is 0 Å². The Labute approximate surface area is 159 Å². The van der Waals surface area contributed by atoms with Crippen LogP contribution in [-0.2, 0) is 11.2 Å². The van der Waals surface area contributed by atoms with Crippen LogP contribution in [0.4, 0.5) is 0 Å². The average molecular weight is 365 g/mol. The number of benzene rings is 1. The first-order valence-electron chi connectivity index (χ1n) is 9.69. The molecule has 0 bridgehead atoms. The highest BCUT2D eigenvalue weighted by Gasteiger charge is 2.31. The zero-order chi connectivity index (χ0) is 16.9. The monoisotopic (exact) mass is 364 g/mol. The second-order valence-corrected chi connectivity index (χ2v) is 7.84. The van der Waals surface area contributed by atoms with Crippen molar-refractivity contribution in [1.82, 2.24) is 10.2 Å². The number of rotatable bonds is 5. The van der Waals surface area contributed by atoms with Gasteiger partial charge >= 0.3 is 0 Å². The number of carbonyl (C=O) groups excluding carboxylic acids is 1. The number of piperidine rings is 1. The van der Waals surface area contributed by atoms with E-state index in [9.17, 15) is 4.79 Å². The van der Waals surface area contributed by atoms with Crippen molar-refractivity contribution in [3.05, 3.63) is 35.4 Å². The van der Waals surface area contributed by atoms with Gasteiger partial charge in [-0.2, -0.15) is 0 Å². The SMILES string of the molecule is Cc1ccc(CC2CCCN2C(=O)CC(C)C2CCNCC2)cc1.Cl. The number of hydrogen-bond acceptors (Lipinski definition) is 2. The van der Waals surface area contributed by atoms with Crippen molar-refractivity contribution in [2.24, 2.45) is 11.8 Å². The largest absolute Gasteiger partial charge is 0.339 e. The number of likely N-dealkylation sites (tertiary alicyclic amines) is 1. The molecule has 1 aromatic rings. The normalized spacial score (nSPS) is 22.5. The highest BCUT2D eigenvalue weighted by Crippen LogP contribution is 2.28. The molecule has 1 amide bonds. The maximum Gasteiger partial charge on any atom is 0.223 e. The van der Waals surface area contributed by atoms with Crippen molar-refractivity contribution in [3.63, 3.8) is 0 Å². The number of amides is 1. The number of hydrogen-bond donors (Lipinski definition) is 1. The van der Waals surface area contributed by atoms with Gasteiger partial charge < -0.3 is 10.2 Å². The van der Waals surface area contributed by atoms with Crippen molar-refractivity contribution in [2.75, 3.05) is 19.6 Å². The van der Waals surface area contributed by atoms with Gasteiger partial charge in [0.1, 0.15) is 0 Å². The molecule has 1 aromatic carbocycles. The Kier molecular flexibility index (Phi) is 7.77. The lowest BCUT2D eigenvalue weighted by atomic mass is 9.84. The van der Waals surface area contributed by atoms with Crippen LogP contribution >= 0.6 is 12.4 Å². The molecule has 4 heteroatoms. The lowest BCUT2D eigenvalue weighted by Gasteiger charge is -2.31. The van der Waals surface area contributed by atoms with E-state index in [-0.39, 0.29) is 12.4 Å². The van der Waals surface area contributed by atoms with E-state index in [4.69, 9.17) is 0 Å². The topological polar surface area (TPSA) is 32.3 Å². The summed E-state index contributed by atoms with van der Waals surface area (Å²) in [4.78, 5) is 15.0. The summed E-state index contributed by atoms with van der Waals surface area (Å²) in [6.07, 6.45) is 6.50. The Balaban J connectivity index is 0.00000225. The first-order valence-corrected chi connectivity index (χ1v) is 9.69. The second kappa shape index (κ2) is 9.59. The molecule has 0 aliphatic carbocycles. The molecule has 2 atom stereocenters. The molecule has 140 valence electrons. The molecule has 0 saturated carbocycles. The van der Waals surface area contributed by atoms with Gasteiger partial charge in [0.15, 0.2) is 0 Å². The Morgan fingerprint density at radius 2 is 1.88 bits per heavy atom. The number of carbonyl (C=O) groups is 1. The molecular weight excluding hydrogens is 332 g/mol. The van der Waals surface area contributed by atoms with Gasteiger partial charge in [-0.15, -0.1) is 12.4 Å². The van der Waals surface area contributed by atoms with E-state index in [1.807, 2.05) is 0 Å². The summed E-state index contributed by atoms with van der Waals surface area (Å²) in [5.41, 5.74) is 2.66. The first-order chi connectivity index (χ1) is 11.6. The Morgan fingerprint density at radius 1 is 1.20 bits per heavy atom. The summed E-state index contributed by atoms with van der Waals surface area (Å²) < 4.78 is 0. The number of halogens is 1. The Hall–Kier alpha value is -1.06. The fourth-order valence-electron chi connectivity index (χ4n) is 4.35. The summed E-state index contributed by atoms with van der Waals surface area (Å²) in [6, 6.07) is 9.19. The Morgan fingerprint density at radius 3 is 2.56 bits per heavy atom. The van der Waals surface area contributed by atoms with Gasteiger partial charge in [0.25, 0.3) is 0 Å². The average Bonchev–Trinajstić information content (AvgIpc) is 3.06. The quantitative estimate of drug-likeness (QED) is 0.857. The molecule has 3 nitrogen and oxygen atoms in total. The third kappa shape index (κ3) is 5.46. The van der Waals surface area contributed by atoms with Crippen LogP contribution in [0.1, 0.15) is 50.2 Å². The second-order valence-electron chi connectivity index (χ2n) is 7.84. The molecule has 3 rings (SSSR count). The van der Waals surface area contributed by atoms with Gasteiger partial charge in [0, 0.05) is 19.0 Å². The molecule has 1 N–H and O–H groups in total. The van der Waals surface area contributed by atoms with E-state index in [2.05, 4.69) is 48.3 Å². The number of nitrogens with zero attached hydrogens (tertiary/aromatic N) is 1. The molecule has 2 aliphatic rings. The van der Waals surface area contributed by atoms with Crippen LogP contribution < -0.4 is 5.32 Å². The highest BCUT2D eigenvalue weighted by atomic mass is 35.5. The maximum atomic E-state index is 12.9. The fourth-order valence-corrected chi connectivity index (χ4v) is 4.35. The summed E-state index contributed by atoms with van der Waals surface area (Å²) in [5.74, 6) is 1.62. The minimum atomic E-state index is 0. The van der Waals surface area contributed by atoms with Crippen molar-refractivity contribution in [1.29, 1.82) is 0 Å². The molecule has 0 aromatic heterocycles. The van der Waals surface area contributed by atoms with E-state index in [1.165, 1.54) is 24.0 Å². The lowest BCUT2D eigenvalue weighted by molar-refractivity contribution is -0.133. The van der Waals surface area contributed by atoms with Crippen molar-refractivity contribution in [3.8, 4) is 0 Å². The zero-order valence-electron chi connectivity index (χ0n) is 15.7. The third-order valence-electron chi connectivity index (χ3n) is 5.97.